The van der Waals surface area contributed by atoms with Crippen molar-refractivity contribution in [3.63, 3.8) is 0 Å². The van der Waals surface area contributed by atoms with E-state index in [9.17, 15) is 40.2 Å². The largest absolute Gasteiger partial charge is 0.478 e. The number of nitro benzene ring substituents is 3. The SMILES string of the molecule is O=C(O)c1cccc([N+](=O)[O-])c1-c1ccc([N+](=O)[O-])cc1[N+](=O)[O-]. The first-order chi connectivity index (χ1) is 11.2. The van der Waals surface area contributed by atoms with E-state index in [1.165, 1.54) is 0 Å². The molecule has 11 nitrogen and oxygen atoms in total. The first-order valence-corrected chi connectivity index (χ1v) is 6.18. The average molecular weight is 333 g/mol. The number of benzene rings is 2. The van der Waals surface area contributed by atoms with Gasteiger partial charge in [-0.25, -0.2) is 4.79 Å². The van der Waals surface area contributed by atoms with Crippen molar-refractivity contribution >= 4 is 23.0 Å². The standard InChI is InChI=1S/C13H7N3O8/c17-13(18)9-2-1-3-10(15(21)22)12(9)8-5-4-7(14(19)20)6-11(8)16(23)24/h1-6H,(H,17,18). The number of nitrogens with zero attached hydrogens (tertiary/aromatic N) is 3. The number of carboxylic acids is 1. The van der Waals surface area contributed by atoms with Gasteiger partial charge in [0.1, 0.15) is 0 Å². The van der Waals surface area contributed by atoms with Crippen molar-refractivity contribution in [2.24, 2.45) is 0 Å². The van der Waals surface area contributed by atoms with E-state index in [2.05, 4.69) is 0 Å². The molecule has 0 heterocycles. The third kappa shape index (κ3) is 2.85. The van der Waals surface area contributed by atoms with Crippen LogP contribution in [0.15, 0.2) is 36.4 Å². The molecule has 0 aliphatic rings. The highest BCUT2D eigenvalue weighted by molar-refractivity contribution is 6.00. The molecule has 11 heteroatoms. The summed E-state index contributed by atoms with van der Waals surface area (Å²) >= 11 is 0. The van der Waals surface area contributed by atoms with E-state index < -0.39 is 54.5 Å². The number of non-ortho nitro benzene ring substituents is 1. The van der Waals surface area contributed by atoms with Crippen LogP contribution in [0.4, 0.5) is 17.1 Å². The minimum Gasteiger partial charge on any atom is -0.478 e. The maximum Gasteiger partial charge on any atom is 0.336 e. The van der Waals surface area contributed by atoms with Crippen molar-refractivity contribution in [3.05, 3.63) is 72.3 Å². The van der Waals surface area contributed by atoms with Crippen LogP contribution in [0.5, 0.6) is 0 Å². The zero-order chi connectivity index (χ0) is 18.0. The number of aromatic carboxylic acids is 1. The van der Waals surface area contributed by atoms with Crippen LogP contribution in [-0.4, -0.2) is 25.8 Å². The molecule has 24 heavy (non-hydrogen) atoms. The summed E-state index contributed by atoms with van der Waals surface area (Å²) < 4.78 is 0. The Kier molecular flexibility index (Phi) is 4.17. The molecule has 0 aromatic heterocycles. The zero-order valence-corrected chi connectivity index (χ0v) is 11.6. The topological polar surface area (TPSA) is 167 Å². The summed E-state index contributed by atoms with van der Waals surface area (Å²) in [6.07, 6.45) is 0. The molecule has 0 aliphatic heterocycles. The summed E-state index contributed by atoms with van der Waals surface area (Å²) in [5.74, 6) is -1.53. The Morgan fingerprint density at radius 2 is 1.50 bits per heavy atom. The molecule has 1 N–H and O–H groups in total. The lowest BCUT2D eigenvalue weighted by Gasteiger charge is -2.08. The molecule has 0 fully saturated rings. The van der Waals surface area contributed by atoms with Crippen molar-refractivity contribution in [3.8, 4) is 11.1 Å². The Balaban J connectivity index is 2.90. The van der Waals surface area contributed by atoms with Crippen LogP contribution in [0.2, 0.25) is 0 Å². The van der Waals surface area contributed by atoms with Gasteiger partial charge in [0, 0.05) is 12.1 Å². The maximum atomic E-state index is 11.3. The van der Waals surface area contributed by atoms with Crippen LogP contribution in [0.1, 0.15) is 10.4 Å². The van der Waals surface area contributed by atoms with Gasteiger partial charge < -0.3 is 5.11 Å². The molecule has 0 amide bonds. The first kappa shape index (κ1) is 16.5. The smallest absolute Gasteiger partial charge is 0.336 e. The van der Waals surface area contributed by atoms with Crippen molar-refractivity contribution in [1.29, 1.82) is 0 Å². The number of hydrogen-bond acceptors (Lipinski definition) is 7. The molecule has 122 valence electrons. The zero-order valence-electron chi connectivity index (χ0n) is 11.6. The molecular weight excluding hydrogens is 326 g/mol. The Labute approximate surface area is 132 Å². The molecule has 0 unspecified atom stereocenters. The van der Waals surface area contributed by atoms with Crippen LogP contribution >= 0.6 is 0 Å². The summed E-state index contributed by atoms with van der Waals surface area (Å²) in [6, 6.07) is 5.62. The van der Waals surface area contributed by atoms with Gasteiger partial charge in [-0.1, -0.05) is 6.07 Å². The highest BCUT2D eigenvalue weighted by atomic mass is 16.6. The van der Waals surface area contributed by atoms with Gasteiger partial charge >= 0.3 is 5.97 Å². The van der Waals surface area contributed by atoms with Crippen molar-refractivity contribution < 1.29 is 24.7 Å². The van der Waals surface area contributed by atoms with E-state index in [-0.39, 0.29) is 0 Å². The monoisotopic (exact) mass is 333 g/mol. The minimum atomic E-state index is -1.53. The van der Waals surface area contributed by atoms with Crippen LogP contribution in [0.25, 0.3) is 11.1 Å². The predicted octanol–water partition coefficient (Wildman–Crippen LogP) is 2.78. The van der Waals surface area contributed by atoms with E-state index in [1.54, 1.807) is 0 Å². The number of rotatable bonds is 5. The third-order valence-electron chi connectivity index (χ3n) is 3.13. The summed E-state index contributed by atoms with van der Waals surface area (Å²) in [6.45, 7) is 0. The Hall–Kier alpha value is -3.89. The fourth-order valence-corrected chi connectivity index (χ4v) is 2.15. The highest BCUT2D eigenvalue weighted by Crippen LogP contribution is 2.40. The second kappa shape index (κ2) is 6.08. The van der Waals surface area contributed by atoms with Gasteiger partial charge in [0.15, 0.2) is 0 Å². The molecule has 0 saturated heterocycles. The minimum absolute atomic E-state index is 0.393. The Bertz CT molecular complexity index is 861. The number of carboxylic acid groups (broad SMARTS) is 1. The number of hydrogen-bond donors (Lipinski definition) is 1. The summed E-state index contributed by atoms with van der Waals surface area (Å²) in [5, 5.41) is 42.3. The van der Waals surface area contributed by atoms with E-state index in [0.717, 1.165) is 30.3 Å². The normalized spacial score (nSPS) is 10.2. The predicted molar refractivity (Wildman–Crippen MR) is 78.8 cm³/mol. The highest BCUT2D eigenvalue weighted by Gasteiger charge is 2.29. The molecule has 0 aliphatic carbocycles. The maximum absolute atomic E-state index is 11.3. The van der Waals surface area contributed by atoms with Crippen molar-refractivity contribution in [2.75, 3.05) is 0 Å². The third-order valence-corrected chi connectivity index (χ3v) is 3.13. The van der Waals surface area contributed by atoms with Gasteiger partial charge in [0.25, 0.3) is 17.1 Å². The van der Waals surface area contributed by atoms with Gasteiger partial charge in [-0.2, -0.15) is 0 Å². The van der Waals surface area contributed by atoms with Gasteiger partial charge in [-0.05, 0) is 12.1 Å². The van der Waals surface area contributed by atoms with Gasteiger partial charge in [-0.15, -0.1) is 0 Å². The van der Waals surface area contributed by atoms with E-state index >= 15 is 0 Å². The lowest BCUT2D eigenvalue weighted by atomic mass is 9.96. The lowest BCUT2D eigenvalue weighted by molar-refractivity contribution is -0.394. The fourth-order valence-electron chi connectivity index (χ4n) is 2.15. The quantitative estimate of drug-likeness (QED) is 0.643. The molecule has 0 spiro atoms. The molecular formula is C13H7N3O8. The fraction of sp³-hybridized carbons (Fsp3) is 0. The van der Waals surface area contributed by atoms with Gasteiger partial charge in [-0.3, -0.25) is 30.3 Å². The lowest BCUT2D eigenvalue weighted by Crippen LogP contribution is -2.05. The van der Waals surface area contributed by atoms with Crippen LogP contribution in [0, 0.1) is 30.3 Å². The van der Waals surface area contributed by atoms with Crippen molar-refractivity contribution in [2.45, 2.75) is 0 Å². The van der Waals surface area contributed by atoms with Crippen molar-refractivity contribution in [1.82, 2.24) is 0 Å². The molecule has 0 atom stereocenters. The summed E-state index contributed by atoms with van der Waals surface area (Å²) in [5.41, 5.74) is -3.47. The molecule has 0 saturated carbocycles. The Morgan fingerprint density at radius 1 is 0.875 bits per heavy atom. The second-order valence-corrected chi connectivity index (χ2v) is 4.48. The molecule has 2 rings (SSSR count). The summed E-state index contributed by atoms with van der Waals surface area (Å²) in [4.78, 5) is 41.7. The van der Waals surface area contributed by atoms with E-state index in [1.807, 2.05) is 0 Å². The van der Waals surface area contributed by atoms with E-state index in [0.29, 0.717) is 6.07 Å². The van der Waals surface area contributed by atoms with Crippen LogP contribution < -0.4 is 0 Å². The molecule has 2 aromatic carbocycles. The van der Waals surface area contributed by atoms with Gasteiger partial charge in [0.05, 0.1) is 37.5 Å². The van der Waals surface area contributed by atoms with E-state index in [4.69, 9.17) is 0 Å². The average Bonchev–Trinajstić information content (AvgIpc) is 2.53. The number of carbonyl (C=O) groups is 1. The summed E-state index contributed by atoms with van der Waals surface area (Å²) in [7, 11) is 0. The molecule has 0 bridgehead atoms. The first-order valence-electron chi connectivity index (χ1n) is 6.18. The number of nitro groups is 3. The van der Waals surface area contributed by atoms with Gasteiger partial charge in [0.2, 0.25) is 0 Å². The molecule has 0 radical (unpaired) electrons. The van der Waals surface area contributed by atoms with Crippen LogP contribution in [0.3, 0.4) is 0 Å². The molecule has 2 aromatic rings. The van der Waals surface area contributed by atoms with Crippen LogP contribution in [-0.2, 0) is 0 Å². The second-order valence-electron chi connectivity index (χ2n) is 4.48. The Morgan fingerprint density at radius 3 is 2.00 bits per heavy atom.